The Balaban J connectivity index is 1.68. The molecule has 3 heterocycles. The minimum Gasteiger partial charge on any atom is -0.366 e. The molecule has 0 bridgehead atoms. The third kappa shape index (κ3) is 4.27. The molecular weight excluding hydrogens is 358 g/mol. The number of nitrogens with one attached hydrogen (secondary N) is 1. The van der Waals surface area contributed by atoms with Gasteiger partial charge in [0, 0.05) is 53.5 Å². The van der Waals surface area contributed by atoms with Gasteiger partial charge in [-0.3, -0.25) is 9.97 Å². The molecule has 6 heteroatoms. The standard InChI is InChI=1S/C21H16ClN5/c22-18-5-3-15(4-6-18)13-25-20-12-19(17-2-1-9-24-14-17)26-21(27-20)16-7-10-23-11-8-16/h1-12,14H,13H2,(H,25,26,27). The zero-order valence-corrected chi connectivity index (χ0v) is 15.1. The summed E-state index contributed by atoms with van der Waals surface area (Å²) in [5, 5.41) is 4.09. The topological polar surface area (TPSA) is 63.6 Å². The van der Waals surface area contributed by atoms with Gasteiger partial charge in [-0.05, 0) is 42.0 Å². The lowest BCUT2D eigenvalue weighted by molar-refractivity contribution is 1.09. The largest absolute Gasteiger partial charge is 0.366 e. The maximum atomic E-state index is 5.95. The lowest BCUT2D eigenvalue weighted by Gasteiger charge is -2.10. The molecule has 3 aromatic heterocycles. The van der Waals surface area contributed by atoms with E-state index in [0.29, 0.717) is 12.4 Å². The Morgan fingerprint density at radius 1 is 0.815 bits per heavy atom. The highest BCUT2D eigenvalue weighted by Crippen LogP contribution is 2.24. The lowest BCUT2D eigenvalue weighted by atomic mass is 10.2. The van der Waals surface area contributed by atoms with Gasteiger partial charge in [0.25, 0.3) is 0 Å². The summed E-state index contributed by atoms with van der Waals surface area (Å²) in [7, 11) is 0. The van der Waals surface area contributed by atoms with Crippen molar-refractivity contribution >= 4 is 17.4 Å². The monoisotopic (exact) mass is 373 g/mol. The van der Waals surface area contributed by atoms with Crippen molar-refractivity contribution in [1.82, 2.24) is 19.9 Å². The van der Waals surface area contributed by atoms with Gasteiger partial charge in [-0.25, -0.2) is 9.97 Å². The van der Waals surface area contributed by atoms with Crippen LogP contribution in [0.3, 0.4) is 0 Å². The second-order valence-corrected chi connectivity index (χ2v) is 6.36. The molecular formula is C21H16ClN5. The summed E-state index contributed by atoms with van der Waals surface area (Å²) in [4.78, 5) is 17.6. The van der Waals surface area contributed by atoms with Gasteiger partial charge in [0.1, 0.15) is 5.82 Å². The Morgan fingerprint density at radius 3 is 2.37 bits per heavy atom. The highest BCUT2D eigenvalue weighted by atomic mass is 35.5. The fraction of sp³-hybridized carbons (Fsp3) is 0.0476. The lowest BCUT2D eigenvalue weighted by Crippen LogP contribution is -2.04. The van der Waals surface area contributed by atoms with Crippen molar-refractivity contribution < 1.29 is 0 Å². The Morgan fingerprint density at radius 2 is 1.63 bits per heavy atom. The molecule has 1 N–H and O–H groups in total. The molecule has 0 spiro atoms. The van der Waals surface area contributed by atoms with Crippen molar-refractivity contribution in [3.8, 4) is 22.6 Å². The number of aromatic nitrogens is 4. The van der Waals surface area contributed by atoms with Gasteiger partial charge in [-0.1, -0.05) is 23.7 Å². The normalized spacial score (nSPS) is 10.6. The first-order valence-corrected chi connectivity index (χ1v) is 8.84. The van der Waals surface area contributed by atoms with Gasteiger partial charge in [-0.2, -0.15) is 0 Å². The van der Waals surface area contributed by atoms with Crippen LogP contribution in [0.15, 0.2) is 79.4 Å². The molecule has 0 saturated carbocycles. The van der Waals surface area contributed by atoms with Crippen LogP contribution in [0.2, 0.25) is 5.02 Å². The van der Waals surface area contributed by atoms with E-state index in [1.807, 2.05) is 54.6 Å². The molecule has 4 rings (SSSR count). The Kier molecular flexibility index (Phi) is 5.03. The molecule has 0 aliphatic rings. The third-order valence-corrected chi connectivity index (χ3v) is 4.26. The van der Waals surface area contributed by atoms with Crippen LogP contribution in [0.25, 0.3) is 22.6 Å². The average Bonchev–Trinajstić information content (AvgIpc) is 2.74. The summed E-state index contributed by atoms with van der Waals surface area (Å²) in [6.07, 6.45) is 7.00. The van der Waals surface area contributed by atoms with Gasteiger partial charge < -0.3 is 5.32 Å². The first-order valence-electron chi connectivity index (χ1n) is 8.46. The quantitative estimate of drug-likeness (QED) is 0.541. The van der Waals surface area contributed by atoms with Crippen LogP contribution in [0.5, 0.6) is 0 Å². The van der Waals surface area contributed by atoms with Gasteiger partial charge >= 0.3 is 0 Å². The predicted octanol–water partition coefficient (Wildman–Crippen LogP) is 4.87. The van der Waals surface area contributed by atoms with E-state index < -0.39 is 0 Å². The number of anilines is 1. The average molecular weight is 374 g/mol. The van der Waals surface area contributed by atoms with E-state index in [1.54, 1.807) is 24.8 Å². The van der Waals surface area contributed by atoms with Crippen LogP contribution in [0, 0.1) is 0 Å². The highest BCUT2D eigenvalue weighted by Gasteiger charge is 2.09. The van der Waals surface area contributed by atoms with Gasteiger partial charge in [0.15, 0.2) is 5.82 Å². The first-order chi connectivity index (χ1) is 13.3. The van der Waals surface area contributed by atoms with Crippen molar-refractivity contribution in [1.29, 1.82) is 0 Å². The molecule has 0 atom stereocenters. The summed E-state index contributed by atoms with van der Waals surface area (Å²) >= 11 is 5.95. The van der Waals surface area contributed by atoms with Crippen molar-refractivity contribution in [3.05, 3.63) is 90.0 Å². The third-order valence-electron chi connectivity index (χ3n) is 4.01. The predicted molar refractivity (Wildman–Crippen MR) is 107 cm³/mol. The Bertz CT molecular complexity index is 964. The fourth-order valence-electron chi connectivity index (χ4n) is 2.62. The van der Waals surface area contributed by atoms with Crippen LogP contribution in [0.4, 0.5) is 5.82 Å². The van der Waals surface area contributed by atoms with Crippen LogP contribution < -0.4 is 5.32 Å². The van der Waals surface area contributed by atoms with E-state index in [2.05, 4.69) is 20.3 Å². The van der Waals surface area contributed by atoms with Crippen molar-refractivity contribution in [2.45, 2.75) is 6.54 Å². The fourth-order valence-corrected chi connectivity index (χ4v) is 2.75. The summed E-state index contributed by atoms with van der Waals surface area (Å²) in [6.45, 7) is 0.635. The molecule has 0 aliphatic heterocycles. The molecule has 0 amide bonds. The number of halogens is 1. The molecule has 0 unspecified atom stereocenters. The Hall–Kier alpha value is -3.31. The van der Waals surface area contributed by atoms with E-state index in [4.69, 9.17) is 16.6 Å². The second-order valence-electron chi connectivity index (χ2n) is 5.92. The van der Waals surface area contributed by atoms with Gasteiger partial charge in [0.05, 0.1) is 5.69 Å². The summed E-state index contributed by atoms with van der Waals surface area (Å²) < 4.78 is 0. The van der Waals surface area contributed by atoms with E-state index in [1.165, 1.54) is 0 Å². The maximum Gasteiger partial charge on any atom is 0.162 e. The zero-order chi connectivity index (χ0) is 18.5. The molecule has 0 saturated heterocycles. The molecule has 132 valence electrons. The second kappa shape index (κ2) is 7.93. The highest BCUT2D eigenvalue weighted by molar-refractivity contribution is 6.30. The molecule has 27 heavy (non-hydrogen) atoms. The van der Waals surface area contributed by atoms with E-state index in [0.717, 1.165) is 33.2 Å². The summed E-state index contributed by atoms with van der Waals surface area (Å²) in [6, 6.07) is 17.3. The van der Waals surface area contributed by atoms with E-state index in [9.17, 15) is 0 Å². The molecule has 0 radical (unpaired) electrons. The van der Waals surface area contributed by atoms with Gasteiger partial charge in [-0.15, -0.1) is 0 Å². The van der Waals surface area contributed by atoms with Crippen molar-refractivity contribution in [3.63, 3.8) is 0 Å². The molecule has 1 aromatic carbocycles. The van der Waals surface area contributed by atoms with Crippen LogP contribution in [-0.4, -0.2) is 19.9 Å². The number of hydrogen-bond acceptors (Lipinski definition) is 5. The van der Waals surface area contributed by atoms with Crippen molar-refractivity contribution in [2.75, 3.05) is 5.32 Å². The zero-order valence-electron chi connectivity index (χ0n) is 14.4. The van der Waals surface area contributed by atoms with Crippen LogP contribution >= 0.6 is 11.6 Å². The molecule has 5 nitrogen and oxygen atoms in total. The number of benzene rings is 1. The summed E-state index contributed by atoms with van der Waals surface area (Å²) in [5.74, 6) is 1.38. The van der Waals surface area contributed by atoms with E-state index in [-0.39, 0.29) is 0 Å². The molecule has 4 aromatic rings. The van der Waals surface area contributed by atoms with Crippen molar-refractivity contribution in [2.24, 2.45) is 0 Å². The number of hydrogen-bond donors (Lipinski definition) is 1. The number of pyridine rings is 2. The SMILES string of the molecule is Clc1ccc(CNc2cc(-c3cccnc3)nc(-c3ccncc3)n2)cc1. The van der Waals surface area contributed by atoms with E-state index >= 15 is 0 Å². The smallest absolute Gasteiger partial charge is 0.162 e. The molecule has 0 fully saturated rings. The minimum atomic E-state index is 0.635. The Labute approximate surface area is 162 Å². The number of rotatable bonds is 5. The molecule has 0 aliphatic carbocycles. The van der Waals surface area contributed by atoms with Crippen LogP contribution in [0.1, 0.15) is 5.56 Å². The first kappa shape index (κ1) is 17.1. The minimum absolute atomic E-state index is 0.635. The van der Waals surface area contributed by atoms with Crippen LogP contribution in [-0.2, 0) is 6.54 Å². The summed E-state index contributed by atoms with van der Waals surface area (Å²) in [5.41, 5.74) is 3.77. The maximum absolute atomic E-state index is 5.95. The van der Waals surface area contributed by atoms with Gasteiger partial charge in [0.2, 0.25) is 0 Å². The number of nitrogens with zero attached hydrogens (tertiary/aromatic N) is 4.